The molecule has 1 fully saturated rings. The van der Waals surface area contributed by atoms with Gasteiger partial charge in [0.15, 0.2) is 0 Å². The van der Waals surface area contributed by atoms with Gasteiger partial charge in [0, 0.05) is 24.8 Å². The fourth-order valence-electron chi connectivity index (χ4n) is 2.54. The standard InChI is InChI=1S/C15H24N2O/c1-2-15(18)12-17-10-6-9-14(11-17)16-13-7-4-3-5-8-13/h3-5,7-8,14-16,18H,2,6,9-12H2,1H3. The average molecular weight is 248 g/mol. The van der Waals surface area contributed by atoms with Crippen molar-refractivity contribution in [2.45, 2.75) is 38.3 Å². The van der Waals surface area contributed by atoms with Crippen LogP contribution in [0, 0.1) is 0 Å². The van der Waals surface area contributed by atoms with Crippen LogP contribution in [0.1, 0.15) is 26.2 Å². The summed E-state index contributed by atoms with van der Waals surface area (Å²) < 4.78 is 0. The number of hydrogen-bond donors (Lipinski definition) is 2. The van der Waals surface area contributed by atoms with Crippen LogP contribution in [-0.4, -0.2) is 41.8 Å². The van der Waals surface area contributed by atoms with E-state index in [0.717, 1.165) is 26.1 Å². The molecule has 1 saturated heterocycles. The zero-order valence-electron chi connectivity index (χ0n) is 11.2. The second-order valence-corrected chi connectivity index (χ2v) is 5.17. The van der Waals surface area contributed by atoms with E-state index in [1.54, 1.807) is 0 Å². The summed E-state index contributed by atoms with van der Waals surface area (Å²) in [5.41, 5.74) is 1.19. The Bertz CT molecular complexity index is 342. The van der Waals surface area contributed by atoms with Crippen molar-refractivity contribution >= 4 is 5.69 Å². The lowest BCUT2D eigenvalue weighted by atomic mass is 10.0. The average Bonchev–Trinajstić information content (AvgIpc) is 2.40. The van der Waals surface area contributed by atoms with Crippen molar-refractivity contribution in [2.75, 3.05) is 25.0 Å². The highest BCUT2D eigenvalue weighted by Crippen LogP contribution is 2.16. The van der Waals surface area contributed by atoms with Crippen LogP contribution in [0.2, 0.25) is 0 Å². The van der Waals surface area contributed by atoms with Crippen LogP contribution in [0.5, 0.6) is 0 Å². The van der Waals surface area contributed by atoms with E-state index < -0.39 is 0 Å². The quantitative estimate of drug-likeness (QED) is 0.839. The maximum absolute atomic E-state index is 9.72. The molecule has 1 aliphatic rings. The number of anilines is 1. The minimum absolute atomic E-state index is 0.180. The zero-order chi connectivity index (χ0) is 12.8. The molecular formula is C15H24N2O. The predicted molar refractivity (Wildman–Crippen MR) is 75.8 cm³/mol. The van der Waals surface area contributed by atoms with Gasteiger partial charge in [-0.15, -0.1) is 0 Å². The normalized spacial score (nSPS) is 22.7. The molecule has 0 amide bonds. The molecule has 0 spiro atoms. The molecule has 0 bridgehead atoms. The fourth-order valence-corrected chi connectivity index (χ4v) is 2.54. The minimum atomic E-state index is -0.180. The molecule has 1 aromatic rings. The molecule has 1 aromatic carbocycles. The molecule has 2 atom stereocenters. The van der Waals surface area contributed by atoms with Gasteiger partial charge in [-0.1, -0.05) is 25.1 Å². The zero-order valence-corrected chi connectivity index (χ0v) is 11.2. The van der Waals surface area contributed by atoms with E-state index in [1.165, 1.54) is 18.5 Å². The summed E-state index contributed by atoms with van der Waals surface area (Å²) in [4.78, 5) is 2.37. The second-order valence-electron chi connectivity index (χ2n) is 5.17. The first-order valence-corrected chi connectivity index (χ1v) is 7.00. The van der Waals surface area contributed by atoms with Gasteiger partial charge in [-0.2, -0.15) is 0 Å². The molecule has 100 valence electrons. The van der Waals surface area contributed by atoms with E-state index in [0.29, 0.717) is 6.04 Å². The lowest BCUT2D eigenvalue weighted by Crippen LogP contribution is -2.44. The number of hydrogen-bond acceptors (Lipinski definition) is 3. The lowest BCUT2D eigenvalue weighted by Gasteiger charge is -2.34. The van der Waals surface area contributed by atoms with Gasteiger partial charge in [-0.3, -0.25) is 4.90 Å². The first-order valence-electron chi connectivity index (χ1n) is 7.00. The molecule has 3 heteroatoms. The first-order chi connectivity index (χ1) is 8.78. The second kappa shape index (κ2) is 6.76. The molecule has 0 aliphatic carbocycles. The molecule has 1 heterocycles. The molecule has 2 rings (SSSR count). The summed E-state index contributed by atoms with van der Waals surface area (Å²) in [6.07, 6.45) is 3.09. The maximum Gasteiger partial charge on any atom is 0.0664 e. The number of rotatable bonds is 5. The number of β-amino-alcohol motifs (C(OH)–C–C–N with tert-alkyl or cyclic N) is 1. The van der Waals surface area contributed by atoms with Crippen LogP contribution in [0.3, 0.4) is 0 Å². The summed E-state index contributed by atoms with van der Waals surface area (Å²) in [7, 11) is 0. The highest BCUT2D eigenvalue weighted by Gasteiger charge is 2.20. The number of para-hydroxylation sites is 1. The van der Waals surface area contributed by atoms with Gasteiger partial charge >= 0.3 is 0 Å². The van der Waals surface area contributed by atoms with Crippen molar-refractivity contribution in [1.82, 2.24) is 4.90 Å². The molecule has 0 aromatic heterocycles. The minimum Gasteiger partial charge on any atom is -0.392 e. The lowest BCUT2D eigenvalue weighted by molar-refractivity contribution is 0.0953. The molecular weight excluding hydrogens is 224 g/mol. The Labute approximate surface area is 110 Å². The van der Waals surface area contributed by atoms with E-state index in [4.69, 9.17) is 0 Å². The maximum atomic E-state index is 9.72. The van der Waals surface area contributed by atoms with Gasteiger partial charge in [0.25, 0.3) is 0 Å². The molecule has 18 heavy (non-hydrogen) atoms. The number of benzene rings is 1. The predicted octanol–water partition coefficient (Wildman–Crippen LogP) is 2.33. The highest BCUT2D eigenvalue weighted by molar-refractivity contribution is 5.43. The Morgan fingerprint density at radius 1 is 1.39 bits per heavy atom. The Morgan fingerprint density at radius 2 is 2.17 bits per heavy atom. The summed E-state index contributed by atoms with van der Waals surface area (Å²) >= 11 is 0. The van der Waals surface area contributed by atoms with Crippen molar-refractivity contribution in [2.24, 2.45) is 0 Å². The van der Waals surface area contributed by atoms with Crippen molar-refractivity contribution in [1.29, 1.82) is 0 Å². The van der Waals surface area contributed by atoms with Gasteiger partial charge in [0.2, 0.25) is 0 Å². The Hall–Kier alpha value is -1.06. The summed E-state index contributed by atoms with van der Waals surface area (Å²) in [6, 6.07) is 10.9. The van der Waals surface area contributed by atoms with Gasteiger partial charge in [0.1, 0.15) is 0 Å². The van der Waals surface area contributed by atoms with E-state index in [2.05, 4.69) is 34.5 Å². The van der Waals surface area contributed by atoms with E-state index in [1.807, 2.05) is 13.0 Å². The van der Waals surface area contributed by atoms with E-state index >= 15 is 0 Å². The Kier molecular flexibility index (Phi) is 5.02. The molecule has 1 aliphatic heterocycles. The fraction of sp³-hybridized carbons (Fsp3) is 0.600. The number of aliphatic hydroxyl groups excluding tert-OH is 1. The molecule has 0 saturated carbocycles. The molecule has 0 radical (unpaired) electrons. The third kappa shape index (κ3) is 4.00. The molecule has 2 unspecified atom stereocenters. The Balaban J connectivity index is 1.83. The summed E-state index contributed by atoms with van der Waals surface area (Å²) in [5, 5.41) is 13.3. The van der Waals surface area contributed by atoms with Crippen LogP contribution in [0.25, 0.3) is 0 Å². The van der Waals surface area contributed by atoms with Crippen LogP contribution < -0.4 is 5.32 Å². The van der Waals surface area contributed by atoms with Gasteiger partial charge in [-0.25, -0.2) is 0 Å². The number of likely N-dealkylation sites (tertiary alicyclic amines) is 1. The van der Waals surface area contributed by atoms with Gasteiger partial charge in [-0.05, 0) is 37.9 Å². The summed E-state index contributed by atoms with van der Waals surface area (Å²) in [5.74, 6) is 0. The van der Waals surface area contributed by atoms with Gasteiger partial charge in [0.05, 0.1) is 6.10 Å². The SMILES string of the molecule is CCC(O)CN1CCCC(Nc2ccccc2)C1. The third-order valence-electron chi connectivity index (χ3n) is 3.59. The van der Waals surface area contributed by atoms with Crippen LogP contribution >= 0.6 is 0 Å². The number of nitrogens with one attached hydrogen (secondary N) is 1. The third-order valence-corrected chi connectivity index (χ3v) is 3.59. The highest BCUT2D eigenvalue weighted by atomic mass is 16.3. The smallest absolute Gasteiger partial charge is 0.0664 e. The van der Waals surface area contributed by atoms with Crippen molar-refractivity contribution in [3.63, 3.8) is 0 Å². The topological polar surface area (TPSA) is 35.5 Å². The van der Waals surface area contributed by atoms with Crippen LogP contribution in [0.15, 0.2) is 30.3 Å². The van der Waals surface area contributed by atoms with Crippen LogP contribution in [-0.2, 0) is 0 Å². The monoisotopic (exact) mass is 248 g/mol. The van der Waals surface area contributed by atoms with E-state index in [9.17, 15) is 5.11 Å². The number of piperidine rings is 1. The Morgan fingerprint density at radius 3 is 2.89 bits per heavy atom. The first kappa shape index (κ1) is 13.4. The van der Waals surface area contributed by atoms with Crippen LogP contribution in [0.4, 0.5) is 5.69 Å². The van der Waals surface area contributed by atoms with Gasteiger partial charge < -0.3 is 10.4 Å². The van der Waals surface area contributed by atoms with Crippen molar-refractivity contribution < 1.29 is 5.11 Å². The molecule has 2 N–H and O–H groups in total. The van der Waals surface area contributed by atoms with Crippen molar-refractivity contribution in [3.8, 4) is 0 Å². The molecule has 3 nitrogen and oxygen atoms in total. The largest absolute Gasteiger partial charge is 0.392 e. The number of aliphatic hydroxyl groups is 1. The van der Waals surface area contributed by atoms with Crippen molar-refractivity contribution in [3.05, 3.63) is 30.3 Å². The summed E-state index contributed by atoms with van der Waals surface area (Å²) in [6.45, 7) is 4.99. The van der Waals surface area contributed by atoms with E-state index in [-0.39, 0.29) is 6.10 Å². The number of nitrogens with zero attached hydrogens (tertiary/aromatic N) is 1.